The first-order valence-electron chi connectivity index (χ1n) is 11.3. The van der Waals surface area contributed by atoms with Crippen LogP contribution in [0.1, 0.15) is 41.5 Å². The number of nitrogens with zero attached hydrogens (tertiary/aromatic N) is 5. The van der Waals surface area contributed by atoms with Gasteiger partial charge in [-0.25, -0.2) is 0 Å². The van der Waals surface area contributed by atoms with Gasteiger partial charge in [0.25, 0.3) is 0 Å². The Morgan fingerprint density at radius 1 is 0.771 bits per heavy atom. The molecule has 1 N–H and O–H groups in total. The summed E-state index contributed by atoms with van der Waals surface area (Å²) in [4.78, 5) is 4.24. The second-order valence-corrected chi connectivity index (χ2v) is 8.75. The van der Waals surface area contributed by atoms with Crippen LogP contribution in [0.2, 0.25) is 0 Å². The van der Waals surface area contributed by atoms with Gasteiger partial charge in [0, 0.05) is 29.0 Å². The summed E-state index contributed by atoms with van der Waals surface area (Å²) >= 11 is 3.40. The smallest absolute Gasteiger partial charge is 0.663 e. The minimum atomic E-state index is 0. The minimum absolute atomic E-state index is 0. The van der Waals surface area contributed by atoms with Crippen LogP contribution < -0.4 is 5.32 Å². The van der Waals surface area contributed by atoms with E-state index >= 15 is 0 Å². The first-order valence-corrected chi connectivity index (χ1v) is 13.7. The normalized spacial score (nSPS) is 20.6. The second kappa shape index (κ2) is 15.8. The summed E-state index contributed by atoms with van der Waals surface area (Å²) < 4.78 is 4.31. The summed E-state index contributed by atoms with van der Waals surface area (Å²) in [6.45, 7) is 16.7. The first-order chi connectivity index (χ1) is 16.4. The van der Waals surface area contributed by atoms with Crippen LogP contribution in [0, 0.1) is 13.3 Å². The van der Waals surface area contributed by atoms with Gasteiger partial charge >= 0.3 is 17.1 Å². The fraction of sp³-hybridized carbons (Fsp3) is 0.308. The van der Waals surface area contributed by atoms with E-state index in [1.54, 1.807) is 30.1 Å². The van der Waals surface area contributed by atoms with Gasteiger partial charge in [-0.05, 0) is 64.8 Å². The molecule has 0 bridgehead atoms. The average molecular weight is 554 g/mol. The monoisotopic (exact) mass is 553 g/mol. The molecule has 4 aliphatic heterocycles. The van der Waals surface area contributed by atoms with Crippen LogP contribution in [-0.4, -0.2) is 30.9 Å². The molecule has 0 saturated carbocycles. The van der Waals surface area contributed by atoms with E-state index in [-0.39, 0.29) is 17.1 Å². The molecule has 9 heteroatoms. The molecule has 191 valence electrons. The van der Waals surface area contributed by atoms with E-state index in [1.165, 1.54) is 22.8 Å². The van der Waals surface area contributed by atoms with Crippen LogP contribution in [-0.2, 0) is 17.1 Å². The number of nitrogens with one attached hydrogen (secondary N) is 1. The fourth-order valence-corrected chi connectivity index (χ4v) is 4.33. The van der Waals surface area contributed by atoms with Crippen LogP contribution in [0.25, 0.3) is 5.32 Å². The SMILES string of the molecule is CC.CSN1[CH-]N(/C=C2/C=CC=CN2)C(C)=C1C.CSN1[CH-]N(/C=C2/C=CC=C[N-]2)C(C)=C1C.[Fe+3]. The van der Waals surface area contributed by atoms with Crippen molar-refractivity contribution in [1.29, 1.82) is 0 Å². The predicted octanol–water partition coefficient (Wildman–Crippen LogP) is 7.34. The quantitative estimate of drug-likeness (QED) is 0.222. The molecule has 0 aromatic carbocycles. The summed E-state index contributed by atoms with van der Waals surface area (Å²) in [6.07, 6.45) is 24.0. The molecule has 4 aliphatic rings. The molecule has 4 heterocycles. The van der Waals surface area contributed by atoms with E-state index in [9.17, 15) is 0 Å². The van der Waals surface area contributed by atoms with Gasteiger partial charge in [-0.3, -0.25) is 0 Å². The Bertz CT molecular complexity index is 869. The third kappa shape index (κ3) is 8.53. The van der Waals surface area contributed by atoms with Crippen molar-refractivity contribution < 1.29 is 17.1 Å². The number of hydrogen-bond acceptors (Lipinski definition) is 7. The number of dihydropyridines is 1. The van der Waals surface area contributed by atoms with Crippen LogP contribution in [0.5, 0.6) is 0 Å². The number of rotatable bonds is 4. The molecular formula is C26H37FeN6S2. The van der Waals surface area contributed by atoms with Gasteiger partial charge in [0.2, 0.25) is 0 Å². The van der Waals surface area contributed by atoms with Crippen molar-refractivity contribution in [2.45, 2.75) is 41.5 Å². The maximum atomic E-state index is 4.29. The fourth-order valence-electron chi connectivity index (χ4n) is 3.13. The van der Waals surface area contributed by atoms with Gasteiger partial charge in [0.05, 0.1) is 5.70 Å². The molecule has 0 saturated heterocycles. The van der Waals surface area contributed by atoms with Crippen LogP contribution in [0.15, 0.2) is 95.4 Å². The molecule has 6 nitrogen and oxygen atoms in total. The zero-order valence-corrected chi connectivity index (χ0v) is 24.6. The molecular weight excluding hydrogens is 516 g/mol. The first kappa shape index (κ1) is 31.0. The Hall–Kier alpha value is -2.06. The Morgan fingerprint density at radius 2 is 1.31 bits per heavy atom. The maximum absolute atomic E-state index is 4.29. The molecule has 0 fully saturated rings. The summed E-state index contributed by atoms with van der Waals surface area (Å²) in [5, 5.41) is 7.49. The van der Waals surface area contributed by atoms with Gasteiger partial charge in [-0.1, -0.05) is 62.0 Å². The molecule has 0 amide bonds. The van der Waals surface area contributed by atoms with Crippen LogP contribution in [0.3, 0.4) is 0 Å². The van der Waals surface area contributed by atoms with Crippen molar-refractivity contribution in [1.82, 2.24) is 23.7 Å². The van der Waals surface area contributed by atoms with Crippen molar-refractivity contribution in [3.8, 4) is 0 Å². The maximum Gasteiger partial charge on any atom is 3.00 e. The largest absolute Gasteiger partial charge is 3.00 e. The number of allylic oxidation sites excluding steroid dienone is 10. The molecule has 0 aromatic heterocycles. The molecule has 0 unspecified atom stereocenters. The Kier molecular flexibility index (Phi) is 14.0. The zero-order chi connectivity index (χ0) is 25.1. The summed E-state index contributed by atoms with van der Waals surface area (Å²) in [5.41, 5.74) is 7.09. The molecule has 0 spiro atoms. The Labute approximate surface area is 232 Å². The van der Waals surface area contributed by atoms with E-state index < -0.39 is 0 Å². The van der Waals surface area contributed by atoms with Gasteiger partial charge in [-0.2, -0.15) is 6.20 Å². The summed E-state index contributed by atoms with van der Waals surface area (Å²) in [6, 6.07) is 0. The van der Waals surface area contributed by atoms with E-state index in [4.69, 9.17) is 0 Å². The summed E-state index contributed by atoms with van der Waals surface area (Å²) in [5.74, 6) is 0. The van der Waals surface area contributed by atoms with Gasteiger partial charge in [0.1, 0.15) is 0 Å². The molecule has 0 aliphatic carbocycles. The van der Waals surface area contributed by atoms with Crippen LogP contribution >= 0.6 is 23.9 Å². The number of hydrogen-bond donors (Lipinski definition) is 1. The molecule has 4 rings (SSSR count). The minimum Gasteiger partial charge on any atom is -0.663 e. The molecule has 35 heavy (non-hydrogen) atoms. The molecule has 0 atom stereocenters. The van der Waals surface area contributed by atoms with Crippen molar-refractivity contribution in [2.24, 2.45) is 0 Å². The van der Waals surface area contributed by atoms with E-state index in [2.05, 4.69) is 94.9 Å². The predicted molar refractivity (Wildman–Crippen MR) is 150 cm³/mol. The van der Waals surface area contributed by atoms with Gasteiger partial charge < -0.3 is 29.0 Å². The average Bonchev–Trinajstić information content (AvgIpc) is 3.31. The van der Waals surface area contributed by atoms with E-state index in [1.807, 2.05) is 56.6 Å². The van der Waals surface area contributed by atoms with Crippen molar-refractivity contribution in [3.05, 3.63) is 114 Å². The van der Waals surface area contributed by atoms with E-state index in [0.717, 1.165) is 11.4 Å². The third-order valence-corrected chi connectivity index (χ3v) is 6.83. The van der Waals surface area contributed by atoms with Crippen molar-refractivity contribution in [3.63, 3.8) is 0 Å². The van der Waals surface area contributed by atoms with Gasteiger partial charge in [0.15, 0.2) is 0 Å². The van der Waals surface area contributed by atoms with Crippen LogP contribution in [0.4, 0.5) is 0 Å². The van der Waals surface area contributed by atoms with Crippen molar-refractivity contribution >= 4 is 23.9 Å². The third-order valence-electron chi connectivity index (χ3n) is 5.31. The second-order valence-electron chi connectivity index (χ2n) is 7.23. The zero-order valence-electron chi connectivity index (χ0n) is 21.8. The van der Waals surface area contributed by atoms with Gasteiger partial charge in [-0.15, -0.1) is 19.0 Å². The molecule has 1 radical (unpaired) electrons. The standard InChI is InChI=1S/C12H16N3S.C12H15N3S.C2H6.Fe/c2*1-10-11(2)15(16-3)9-14(10)8-12-6-4-5-7-13-12;1-2;/h4-9,13H,1-3H3;4-9H,1-3H3;1-2H3;/q-1;-2;;+3/b2*12-8-;;. The Morgan fingerprint density at radius 3 is 1.74 bits per heavy atom. The Balaban J connectivity index is 0.000000318. The van der Waals surface area contributed by atoms with E-state index in [0.29, 0.717) is 0 Å². The van der Waals surface area contributed by atoms with Crippen molar-refractivity contribution in [2.75, 3.05) is 12.5 Å². The summed E-state index contributed by atoms with van der Waals surface area (Å²) in [7, 11) is 0. The topological polar surface area (TPSA) is 39.1 Å². The molecule has 0 aromatic rings.